The SMILES string of the molecule is CC(C)n1nc(-c2cccc(C(F)(F)F)n2)cc1[C@H]1[C@@H]2C[C@@H](N3CCC[C@@]4(CCS(=O)(=O)C4)C3)C[C@@H]21. The number of alkyl halides is 3. The molecule has 10 heteroatoms. The molecule has 0 aromatic carbocycles. The minimum absolute atomic E-state index is 0.0492. The Labute approximate surface area is 210 Å². The molecular weight excluding hydrogens is 489 g/mol. The number of sulfone groups is 1. The predicted molar refractivity (Wildman–Crippen MR) is 130 cm³/mol. The second kappa shape index (κ2) is 8.28. The molecule has 2 aliphatic carbocycles. The lowest BCUT2D eigenvalue weighted by atomic mass is 9.79. The van der Waals surface area contributed by atoms with Crippen molar-refractivity contribution in [3.8, 4) is 11.4 Å². The van der Waals surface area contributed by atoms with Gasteiger partial charge in [0.1, 0.15) is 11.4 Å². The zero-order valence-corrected chi connectivity index (χ0v) is 21.5. The summed E-state index contributed by atoms with van der Waals surface area (Å²) in [5, 5.41) is 4.68. The average Bonchev–Trinajstić information content (AvgIpc) is 3.18. The van der Waals surface area contributed by atoms with E-state index in [0.717, 1.165) is 57.0 Å². The maximum Gasteiger partial charge on any atom is 0.433 e. The largest absolute Gasteiger partial charge is 0.433 e. The molecule has 2 saturated heterocycles. The summed E-state index contributed by atoms with van der Waals surface area (Å²) >= 11 is 0. The van der Waals surface area contributed by atoms with E-state index >= 15 is 0 Å². The van der Waals surface area contributed by atoms with Gasteiger partial charge in [-0.15, -0.1) is 0 Å². The highest BCUT2D eigenvalue weighted by molar-refractivity contribution is 7.91. The molecule has 2 saturated carbocycles. The number of piperidine rings is 1. The van der Waals surface area contributed by atoms with Gasteiger partial charge in [0.15, 0.2) is 9.84 Å². The van der Waals surface area contributed by atoms with Gasteiger partial charge in [-0.2, -0.15) is 18.3 Å². The van der Waals surface area contributed by atoms with Crippen LogP contribution in [0.3, 0.4) is 0 Å². The molecule has 2 aromatic rings. The van der Waals surface area contributed by atoms with E-state index in [1.165, 1.54) is 6.07 Å². The van der Waals surface area contributed by atoms with Crippen LogP contribution in [0.25, 0.3) is 11.4 Å². The molecule has 6 rings (SSSR count). The molecule has 0 unspecified atom stereocenters. The maximum atomic E-state index is 13.2. The minimum Gasteiger partial charge on any atom is -0.300 e. The molecule has 196 valence electrons. The Hall–Kier alpha value is -1.94. The molecule has 4 heterocycles. The van der Waals surface area contributed by atoms with Crippen molar-refractivity contribution in [1.82, 2.24) is 19.7 Å². The van der Waals surface area contributed by atoms with Crippen LogP contribution in [0.4, 0.5) is 13.2 Å². The van der Waals surface area contributed by atoms with Crippen molar-refractivity contribution in [2.24, 2.45) is 17.3 Å². The summed E-state index contributed by atoms with van der Waals surface area (Å²) in [7, 11) is -2.90. The van der Waals surface area contributed by atoms with Crippen LogP contribution in [0, 0.1) is 17.3 Å². The van der Waals surface area contributed by atoms with Crippen molar-refractivity contribution >= 4 is 9.84 Å². The zero-order valence-electron chi connectivity index (χ0n) is 20.7. The van der Waals surface area contributed by atoms with Crippen LogP contribution in [0.15, 0.2) is 24.3 Å². The Morgan fingerprint density at radius 3 is 2.50 bits per heavy atom. The summed E-state index contributed by atoms with van der Waals surface area (Å²) in [5.74, 6) is 2.16. The van der Waals surface area contributed by atoms with E-state index in [1.807, 2.05) is 24.6 Å². The number of halogens is 3. The van der Waals surface area contributed by atoms with E-state index in [9.17, 15) is 21.6 Å². The summed E-state index contributed by atoms with van der Waals surface area (Å²) in [5.41, 5.74) is 0.892. The highest BCUT2D eigenvalue weighted by Gasteiger charge is 2.59. The average molecular weight is 523 g/mol. The van der Waals surface area contributed by atoms with Gasteiger partial charge in [-0.1, -0.05) is 6.07 Å². The molecule has 4 aliphatic rings. The quantitative estimate of drug-likeness (QED) is 0.569. The van der Waals surface area contributed by atoms with Gasteiger partial charge >= 0.3 is 6.18 Å². The maximum absolute atomic E-state index is 13.2. The van der Waals surface area contributed by atoms with Crippen molar-refractivity contribution in [2.75, 3.05) is 24.6 Å². The Bertz CT molecular complexity index is 1260. The van der Waals surface area contributed by atoms with Crippen LogP contribution in [0.2, 0.25) is 0 Å². The van der Waals surface area contributed by atoms with E-state index in [2.05, 4.69) is 15.0 Å². The first-order valence-corrected chi connectivity index (χ1v) is 14.9. The van der Waals surface area contributed by atoms with Gasteiger partial charge in [-0.05, 0) is 87.9 Å². The summed E-state index contributed by atoms with van der Waals surface area (Å²) < 4.78 is 65.9. The number of rotatable bonds is 4. The van der Waals surface area contributed by atoms with Crippen LogP contribution in [0.5, 0.6) is 0 Å². The molecule has 0 N–H and O–H groups in total. The number of hydrogen-bond donors (Lipinski definition) is 0. The third kappa shape index (κ3) is 4.27. The standard InChI is InChI=1S/C26H33F3N4O2S/c1-16(2)33-22(13-21(31-33)20-5-3-6-23(30-20)26(27,28)29)24-18-11-17(12-19(18)24)32-9-4-7-25(14-32)8-10-36(34,35)15-25/h3,5-6,13,16-19,24H,4,7-12,14-15H2,1-2H3/t17-,18-,19+,24+,25-/m1/s1. The lowest BCUT2D eigenvalue weighted by molar-refractivity contribution is -0.141. The number of hydrogen-bond acceptors (Lipinski definition) is 5. The number of fused-ring (bicyclic) bond motifs is 1. The Kier molecular flexibility index (Phi) is 5.61. The molecule has 5 atom stereocenters. The summed E-state index contributed by atoms with van der Waals surface area (Å²) in [6.45, 7) is 6.04. The van der Waals surface area contributed by atoms with Gasteiger partial charge in [0.05, 0.1) is 17.2 Å². The Morgan fingerprint density at radius 2 is 1.86 bits per heavy atom. The zero-order chi connectivity index (χ0) is 25.5. The molecule has 0 radical (unpaired) electrons. The summed E-state index contributed by atoms with van der Waals surface area (Å²) in [6, 6.07) is 6.50. The van der Waals surface area contributed by atoms with Crippen molar-refractivity contribution in [2.45, 2.75) is 70.1 Å². The van der Waals surface area contributed by atoms with E-state index in [-0.39, 0.29) is 17.2 Å². The van der Waals surface area contributed by atoms with Crippen molar-refractivity contribution in [3.63, 3.8) is 0 Å². The summed E-state index contributed by atoms with van der Waals surface area (Å²) in [4.78, 5) is 6.41. The number of aromatic nitrogens is 3. The highest BCUT2D eigenvalue weighted by atomic mass is 32.2. The molecule has 6 nitrogen and oxygen atoms in total. The van der Waals surface area contributed by atoms with E-state index in [1.54, 1.807) is 6.07 Å². The smallest absolute Gasteiger partial charge is 0.300 e. The molecule has 2 aromatic heterocycles. The van der Waals surface area contributed by atoms with Crippen LogP contribution in [-0.4, -0.2) is 58.7 Å². The van der Waals surface area contributed by atoms with Crippen LogP contribution in [0.1, 0.15) is 69.3 Å². The van der Waals surface area contributed by atoms with Crippen LogP contribution < -0.4 is 0 Å². The van der Waals surface area contributed by atoms with Crippen LogP contribution >= 0.6 is 0 Å². The second-order valence-electron chi connectivity index (χ2n) is 11.8. The Morgan fingerprint density at radius 1 is 1.11 bits per heavy atom. The Balaban J connectivity index is 1.18. The van der Waals surface area contributed by atoms with Gasteiger partial charge in [-0.3, -0.25) is 9.58 Å². The fourth-order valence-electron chi connectivity index (χ4n) is 7.34. The monoisotopic (exact) mass is 522 g/mol. The molecule has 2 aliphatic heterocycles. The molecule has 4 fully saturated rings. The fraction of sp³-hybridized carbons (Fsp3) is 0.692. The normalized spacial score (nSPS) is 33.9. The topological polar surface area (TPSA) is 68.1 Å². The van der Waals surface area contributed by atoms with Gasteiger partial charge in [0.25, 0.3) is 0 Å². The third-order valence-corrected chi connectivity index (χ3v) is 10.9. The predicted octanol–water partition coefficient (Wildman–Crippen LogP) is 4.94. The molecular formula is C26H33F3N4O2S. The van der Waals surface area contributed by atoms with E-state index in [0.29, 0.717) is 41.0 Å². The molecule has 0 amide bonds. The first-order valence-electron chi connectivity index (χ1n) is 13.0. The number of nitrogens with zero attached hydrogens (tertiary/aromatic N) is 4. The first-order chi connectivity index (χ1) is 16.9. The molecule has 36 heavy (non-hydrogen) atoms. The molecule has 1 spiro atoms. The lowest BCUT2D eigenvalue weighted by Crippen LogP contribution is -2.48. The van der Waals surface area contributed by atoms with Crippen LogP contribution in [-0.2, 0) is 16.0 Å². The van der Waals surface area contributed by atoms with Gasteiger partial charge in [-0.25, -0.2) is 13.4 Å². The lowest BCUT2D eigenvalue weighted by Gasteiger charge is -2.43. The first kappa shape index (κ1) is 24.4. The highest BCUT2D eigenvalue weighted by Crippen LogP contribution is 2.64. The van der Waals surface area contributed by atoms with Crippen molar-refractivity contribution < 1.29 is 21.6 Å². The second-order valence-corrected chi connectivity index (χ2v) is 14.0. The van der Waals surface area contributed by atoms with Gasteiger partial charge in [0.2, 0.25) is 0 Å². The summed E-state index contributed by atoms with van der Waals surface area (Å²) in [6.07, 6.45) is 0.589. The fourth-order valence-corrected chi connectivity index (χ4v) is 9.54. The third-order valence-electron chi connectivity index (χ3n) is 8.99. The van der Waals surface area contributed by atoms with Gasteiger partial charge in [0, 0.05) is 30.2 Å². The number of likely N-dealkylation sites (tertiary alicyclic amines) is 1. The van der Waals surface area contributed by atoms with E-state index in [4.69, 9.17) is 0 Å². The van der Waals surface area contributed by atoms with Crippen molar-refractivity contribution in [3.05, 3.63) is 35.7 Å². The van der Waals surface area contributed by atoms with Crippen molar-refractivity contribution in [1.29, 1.82) is 0 Å². The van der Waals surface area contributed by atoms with Gasteiger partial charge < -0.3 is 0 Å². The molecule has 0 bridgehead atoms. The minimum atomic E-state index is -4.49. The van der Waals surface area contributed by atoms with E-state index < -0.39 is 21.7 Å². The number of pyridine rings is 1.